The fourth-order valence-corrected chi connectivity index (χ4v) is 4.71. The number of hydrogen-bond donors (Lipinski definition) is 0. The van der Waals surface area contributed by atoms with Crippen LogP contribution in [0.1, 0.15) is 31.7 Å². The summed E-state index contributed by atoms with van der Waals surface area (Å²) in [7, 11) is 0. The number of thioether (sulfide) groups is 2. The molecule has 0 fully saturated rings. The normalized spacial score (nSPS) is 9.82. The van der Waals surface area contributed by atoms with E-state index in [1.807, 2.05) is 48.5 Å². The molecular weight excluding hydrogens is 522 g/mol. The fraction of sp³-hybridized carbons (Fsp3) is 0.222. The minimum atomic E-state index is -0.402. The van der Waals surface area contributed by atoms with Gasteiger partial charge in [-0.1, -0.05) is 79.7 Å². The van der Waals surface area contributed by atoms with E-state index in [4.69, 9.17) is 0 Å². The zero-order chi connectivity index (χ0) is 27.4. The standard InChI is InChI=1S/C12H10N2O2S.C10H14N2O2S.C5H5N/c15-14(16)11-7-4-8-13-12(11)17-9-10-5-2-1-3-6-10;1-2-3-4-8-15-10-9(12(13)14)6-5-7-11-10;1-2-4-6-5-3-1/h1-8H,9H2;5-7H,2-4,8H2,1H3;1-5H. The van der Waals surface area contributed by atoms with Crippen LogP contribution in [0.5, 0.6) is 0 Å². The Balaban J connectivity index is 0.000000221. The molecule has 0 amide bonds. The Bertz CT molecular complexity index is 1210. The lowest BCUT2D eigenvalue weighted by atomic mass is 10.2. The van der Waals surface area contributed by atoms with Crippen LogP contribution in [-0.2, 0) is 5.75 Å². The van der Waals surface area contributed by atoms with Crippen molar-refractivity contribution in [1.29, 1.82) is 0 Å². The quantitative estimate of drug-likeness (QED) is 0.0846. The van der Waals surface area contributed by atoms with Gasteiger partial charge < -0.3 is 0 Å². The topological polar surface area (TPSA) is 125 Å². The smallest absolute Gasteiger partial charge is 0.265 e. The van der Waals surface area contributed by atoms with E-state index in [-0.39, 0.29) is 16.3 Å². The predicted molar refractivity (Wildman–Crippen MR) is 152 cm³/mol. The summed E-state index contributed by atoms with van der Waals surface area (Å²) in [6.45, 7) is 2.13. The molecule has 38 heavy (non-hydrogen) atoms. The van der Waals surface area contributed by atoms with Crippen molar-refractivity contribution in [3.8, 4) is 0 Å². The molecule has 11 heteroatoms. The second-order valence-corrected chi connectivity index (χ2v) is 9.57. The zero-order valence-corrected chi connectivity index (χ0v) is 22.6. The molecule has 4 rings (SSSR count). The molecule has 3 heterocycles. The fourth-order valence-electron chi connectivity index (χ4n) is 2.82. The molecule has 198 valence electrons. The second kappa shape index (κ2) is 18.4. The maximum Gasteiger partial charge on any atom is 0.301 e. The first kappa shape index (κ1) is 30.4. The molecule has 0 aliphatic carbocycles. The van der Waals surface area contributed by atoms with Gasteiger partial charge in [-0.25, -0.2) is 9.97 Å². The van der Waals surface area contributed by atoms with E-state index in [1.54, 1.807) is 36.9 Å². The molecule has 0 atom stereocenters. The van der Waals surface area contributed by atoms with Crippen molar-refractivity contribution >= 4 is 34.9 Å². The number of benzene rings is 1. The van der Waals surface area contributed by atoms with Crippen LogP contribution in [-0.4, -0.2) is 30.6 Å². The van der Waals surface area contributed by atoms with Gasteiger partial charge in [-0.2, -0.15) is 0 Å². The molecule has 0 saturated heterocycles. The summed E-state index contributed by atoms with van der Waals surface area (Å²) in [4.78, 5) is 32.5. The van der Waals surface area contributed by atoms with Crippen molar-refractivity contribution in [1.82, 2.24) is 15.0 Å². The van der Waals surface area contributed by atoms with E-state index in [1.165, 1.54) is 35.7 Å². The Kier molecular flexibility index (Phi) is 14.7. The average Bonchev–Trinajstić information content (AvgIpc) is 2.96. The van der Waals surface area contributed by atoms with Gasteiger partial charge in [0.15, 0.2) is 10.1 Å². The first-order valence-corrected chi connectivity index (χ1v) is 13.8. The summed E-state index contributed by atoms with van der Waals surface area (Å²) in [6.07, 6.45) is 10.1. The van der Waals surface area contributed by atoms with Crippen molar-refractivity contribution in [2.45, 2.75) is 42.0 Å². The van der Waals surface area contributed by atoms with Crippen molar-refractivity contribution in [3.63, 3.8) is 0 Å². The lowest BCUT2D eigenvalue weighted by Gasteiger charge is -2.01. The van der Waals surface area contributed by atoms with Gasteiger partial charge >= 0.3 is 11.4 Å². The maximum atomic E-state index is 10.8. The Labute approximate surface area is 230 Å². The number of hydrogen-bond acceptors (Lipinski definition) is 9. The zero-order valence-electron chi connectivity index (χ0n) is 21.0. The number of nitrogens with zero attached hydrogens (tertiary/aromatic N) is 5. The molecule has 4 aromatic rings. The van der Waals surface area contributed by atoms with Crippen LogP contribution < -0.4 is 0 Å². The van der Waals surface area contributed by atoms with E-state index in [2.05, 4.69) is 21.9 Å². The number of pyridine rings is 3. The van der Waals surface area contributed by atoms with Crippen molar-refractivity contribution in [2.24, 2.45) is 0 Å². The minimum Gasteiger partial charge on any atom is -0.265 e. The Morgan fingerprint density at radius 2 is 1.24 bits per heavy atom. The maximum absolute atomic E-state index is 10.8. The Hall–Kier alpha value is -3.83. The molecule has 1 aromatic carbocycles. The Morgan fingerprint density at radius 3 is 1.71 bits per heavy atom. The third kappa shape index (κ3) is 11.9. The van der Waals surface area contributed by atoms with Gasteiger partial charge in [0.2, 0.25) is 0 Å². The third-order valence-corrected chi connectivity index (χ3v) is 6.81. The lowest BCUT2D eigenvalue weighted by molar-refractivity contribution is -0.388. The van der Waals surface area contributed by atoms with Crippen molar-refractivity contribution < 1.29 is 9.85 Å². The van der Waals surface area contributed by atoms with Gasteiger partial charge in [-0.15, -0.1) is 0 Å². The minimum absolute atomic E-state index is 0.0634. The first-order chi connectivity index (χ1) is 18.5. The number of aromatic nitrogens is 3. The van der Waals surface area contributed by atoms with Crippen LogP contribution in [0, 0.1) is 20.2 Å². The van der Waals surface area contributed by atoms with Crippen molar-refractivity contribution in [2.75, 3.05) is 5.75 Å². The van der Waals surface area contributed by atoms with Crippen LogP contribution >= 0.6 is 23.5 Å². The van der Waals surface area contributed by atoms with Gasteiger partial charge in [0.05, 0.1) is 9.85 Å². The van der Waals surface area contributed by atoms with Gasteiger partial charge in [-0.3, -0.25) is 25.2 Å². The Morgan fingerprint density at radius 1 is 0.684 bits per heavy atom. The molecule has 0 N–H and O–H groups in total. The van der Waals surface area contributed by atoms with E-state index < -0.39 is 4.92 Å². The number of rotatable bonds is 10. The lowest BCUT2D eigenvalue weighted by Crippen LogP contribution is -1.93. The molecule has 0 unspecified atom stereocenters. The summed E-state index contributed by atoms with van der Waals surface area (Å²) >= 11 is 2.84. The monoisotopic (exact) mass is 551 g/mol. The highest BCUT2D eigenvalue weighted by molar-refractivity contribution is 7.99. The van der Waals surface area contributed by atoms with Crippen LogP contribution in [0.4, 0.5) is 11.4 Å². The molecule has 0 aliphatic heterocycles. The largest absolute Gasteiger partial charge is 0.301 e. The summed E-state index contributed by atoms with van der Waals surface area (Å²) in [6, 6.07) is 21.7. The van der Waals surface area contributed by atoms with Gasteiger partial charge in [0, 0.05) is 42.7 Å². The number of nitro groups is 2. The number of unbranched alkanes of at least 4 members (excludes halogenated alkanes) is 2. The van der Waals surface area contributed by atoms with Gasteiger partial charge in [0.25, 0.3) is 0 Å². The molecule has 0 aliphatic rings. The third-order valence-electron chi connectivity index (χ3n) is 4.67. The summed E-state index contributed by atoms with van der Waals surface area (Å²) < 4.78 is 0. The molecule has 0 spiro atoms. The molecule has 9 nitrogen and oxygen atoms in total. The highest BCUT2D eigenvalue weighted by Crippen LogP contribution is 2.29. The summed E-state index contributed by atoms with van der Waals surface area (Å²) in [5, 5.41) is 22.4. The van der Waals surface area contributed by atoms with Gasteiger partial charge in [0.1, 0.15) is 0 Å². The molecule has 3 aromatic heterocycles. The molecule has 0 saturated carbocycles. The van der Waals surface area contributed by atoms with Crippen molar-refractivity contribution in [3.05, 3.63) is 123 Å². The van der Waals surface area contributed by atoms with E-state index in [9.17, 15) is 20.2 Å². The van der Waals surface area contributed by atoms with Crippen LogP contribution in [0.3, 0.4) is 0 Å². The van der Waals surface area contributed by atoms with Crippen LogP contribution in [0.25, 0.3) is 0 Å². The molecule has 0 bridgehead atoms. The van der Waals surface area contributed by atoms with Crippen LogP contribution in [0.15, 0.2) is 108 Å². The van der Waals surface area contributed by atoms with E-state index >= 15 is 0 Å². The second-order valence-electron chi connectivity index (χ2n) is 7.52. The molecular formula is C27H29N5O4S2. The van der Waals surface area contributed by atoms with E-state index in [0.717, 1.165) is 30.6 Å². The summed E-state index contributed by atoms with van der Waals surface area (Å²) in [5.41, 5.74) is 1.30. The average molecular weight is 552 g/mol. The predicted octanol–water partition coefficient (Wildman–Crippen LogP) is 7.64. The van der Waals surface area contributed by atoms with Gasteiger partial charge in [-0.05, 0) is 42.0 Å². The highest BCUT2D eigenvalue weighted by atomic mass is 32.2. The van der Waals surface area contributed by atoms with Crippen LogP contribution in [0.2, 0.25) is 0 Å². The first-order valence-electron chi connectivity index (χ1n) is 11.9. The molecule has 0 radical (unpaired) electrons. The SMILES string of the molecule is CCCCCSc1ncccc1[N+](=O)[O-].O=[N+]([O-])c1cccnc1SCc1ccccc1.c1ccncc1. The summed E-state index contributed by atoms with van der Waals surface area (Å²) in [5.74, 6) is 1.57. The highest BCUT2D eigenvalue weighted by Gasteiger charge is 2.14. The van der Waals surface area contributed by atoms with E-state index in [0.29, 0.717) is 15.8 Å².